The molecule has 0 aliphatic carbocycles. The summed E-state index contributed by atoms with van der Waals surface area (Å²) in [7, 11) is 1.60. The van der Waals surface area contributed by atoms with Gasteiger partial charge in [-0.1, -0.05) is 41.9 Å². The summed E-state index contributed by atoms with van der Waals surface area (Å²) in [5, 5.41) is 11.7. The maximum atomic E-state index is 12.5. The van der Waals surface area contributed by atoms with Crippen LogP contribution in [-0.4, -0.2) is 29.4 Å². The molecule has 1 aromatic heterocycles. The standard InChI is InChI=1S/C25H21ClN4O3/c1-32-19-12-10-17(11-13-19)15-27-30-25(31)23-14-22(28-29-23)20-7-3-5-9-24(20)33-16-18-6-2-4-8-21(18)26/h2-15H,16H2,1H3,(H,28,29)(H,30,31)/b27-15+. The highest BCUT2D eigenvalue weighted by molar-refractivity contribution is 6.31. The molecule has 4 aromatic rings. The molecular weight excluding hydrogens is 440 g/mol. The van der Waals surface area contributed by atoms with Crippen molar-refractivity contribution >= 4 is 23.7 Å². The molecule has 0 aliphatic rings. The number of hydrazone groups is 1. The van der Waals surface area contributed by atoms with Gasteiger partial charge in [-0.2, -0.15) is 10.2 Å². The first-order valence-corrected chi connectivity index (χ1v) is 10.5. The minimum Gasteiger partial charge on any atom is -0.497 e. The number of ether oxygens (including phenoxy) is 2. The van der Waals surface area contributed by atoms with Crippen LogP contribution in [0.1, 0.15) is 21.6 Å². The number of nitrogens with one attached hydrogen (secondary N) is 2. The third kappa shape index (κ3) is 5.58. The van der Waals surface area contributed by atoms with E-state index in [0.29, 0.717) is 23.1 Å². The molecule has 0 saturated heterocycles. The number of rotatable bonds is 8. The number of halogens is 1. The Morgan fingerprint density at radius 3 is 2.64 bits per heavy atom. The van der Waals surface area contributed by atoms with E-state index in [0.717, 1.165) is 22.4 Å². The highest BCUT2D eigenvalue weighted by Crippen LogP contribution is 2.30. The summed E-state index contributed by atoms with van der Waals surface area (Å²) in [5.41, 5.74) is 5.80. The summed E-state index contributed by atoms with van der Waals surface area (Å²) in [6.45, 7) is 0.314. The monoisotopic (exact) mass is 460 g/mol. The van der Waals surface area contributed by atoms with Gasteiger partial charge in [0.1, 0.15) is 23.8 Å². The van der Waals surface area contributed by atoms with Crippen LogP contribution in [0.25, 0.3) is 11.3 Å². The number of para-hydroxylation sites is 1. The predicted octanol–water partition coefficient (Wildman–Crippen LogP) is 5.08. The van der Waals surface area contributed by atoms with Crippen LogP contribution in [0, 0.1) is 0 Å². The van der Waals surface area contributed by atoms with E-state index in [1.54, 1.807) is 19.4 Å². The van der Waals surface area contributed by atoms with E-state index >= 15 is 0 Å². The molecule has 0 radical (unpaired) electrons. The van der Waals surface area contributed by atoms with Crippen LogP contribution in [0.4, 0.5) is 0 Å². The van der Waals surface area contributed by atoms with Crippen LogP contribution in [0.15, 0.2) is 84.0 Å². The summed E-state index contributed by atoms with van der Waals surface area (Å²) in [5.74, 6) is 0.971. The first-order valence-electron chi connectivity index (χ1n) is 10.1. The van der Waals surface area contributed by atoms with Gasteiger partial charge in [-0.25, -0.2) is 5.43 Å². The first-order chi connectivity index (χ1) is 16.1. The molecule has 0 atom stereocenters. The predicted molar refractivity (Wildman–Crippen MR) is 128 cm³/mol. The van der Waals surface area contributed by atoms with Crippen LogP contribution in [0.3, 0.4) is 0 Å². The molecule has 8 heteroatoms. The summed E-state index contributed by atoms with van der Waals surface area (Å²) in [6, 6.07) is 23.9. The topological polar surface area (TPSA) is 88.6 Å². The molecule has 2 N–H and O–H groups in total. The smallest absolute Gasteiger partial charge is 0.289 e. The number of carbonyl (C=O) groups is 1. The quantitative estimate of drug-likeness (QED) is 0.283. The van der Waals surface area contributed by atoms with E-state index in [4.69, 9.17) is 21.1 Å². The summed E-state index contributed by atoms with van der Waals surface area (Å²) in [4.78, 5) is 12.5. The number of aromatic nitrogens is 2. The van der Waals surface area contributed by atoms with Gasteiger partial charge in [-0.05, 0) is 54.1 Å². The van der Waals surface area contributed by atoms with E-state index < -0.39 is 5.91 Å². The molecule has 166 valence electrons. The van der Waals surface area contributed by atoms with Crippen molar-refractivity contribution in [2.75, 3.05) is 7.11 Å². The molecule has 0 aliphatic heterocycles. The minimum absolute atomic E-state index is 0.276. The fourth-order valence-electron chi connectivity index (χ4n) is 3.07. The van der Waals surface area contributed by atoms with Crippen LogP contribution in [0.5, 0.6) is 11.5 Å². The number of methoxy groups -OCH3 is 1. The van der Waals surface area contributed by atoms with Gasteiger partial charge in [-0.3, -0.25) is 9.89 Å². The van der Waals surface area contributed by atoms with Crippen LogP contribution in [0.2, 0.25) is 5.02 Å². The van der Waals surface area contributed by atoms with E-state index in [1.165, 1.54) is 0 Å². The van der Waals surface area contributed by atoms with E-state index in [9.17, 15) is 4.79 Å². The second kappa shape index (κ2) is 10.5. The van der Waals surface area contributed by atoms with Crippen molar-refractivity contribution in [1.82, 2.24) is 15.6 Å². The lowest BCUT2D eigenvalue weighted by molar-refractivity contribution is 0.0950. The van der Waals surface area contributed by atoms with Gasteiger partial charge < -0.3 is 9.47 Å². The molecule has 7 nitrogen and oxygen atoms in total. The lowest BCUT2D eigenvalue weighted by atomic mass is 10.1. The second-order valence-corrected chi connectivity index (χ2v) is 7.42. The van der Waals surface area contributed by atoms with Crippen molar-refractivity contribution in [1.29, 1.82) is 0 Å². The molecule has 0 spiro atoms. The van der Waals surface area contributed by atoms with Gasteiger partial charge in [0.25, 0.3) is 5.91 Å². The molecule has 1 amide bonds. The van der Waals surface area contributed by atoms with Gasteiger partial charge in [0, 0.05) is 16.1 Å². The van der Waals surface area contributed by atoms with E-state index in [2.05, 4.69) is 20.7 Å². The lowest BCUT2D eigenvalue weighted by Crippen LogP contribution is -2.17. The van der Waals surface area contributed by atoms with Crippen molar-refractivity contribution in [3.8, 4) is 22.8 Å². The average molecular weight is 461 g/mol. The normalized spacial score (nSPS) is 10.8. The Bertz CT molecular complexity index is 1270. The zero-order chi connectivity index (χ0) is 23.0. The highest BCUT2D eigenvalue weighted by Gasteiger charge is 2.14. The summed E-state index contributed by atoms with van der Waals surface area (Å²) in [6.07, 6.45) is 1.55. The third-order valence-corrected chi connectivity index (χ3v) is 5.19. The Hall–Kier alpha value is -4.10. The zero-order valence-corrected chi connectivity index (χ0v) is 18.5. The van der Waals surface area contributed by atoms with Gasteiger partial charge in [0.05, 0.1) is 19.0 Å². The Morgan fingerprint density at radius 2 is 1.85 bits per heavy atom. The van der Waals surface area contributed by atoms with Crippen molar-refractivity contribution in [3.63, 3.8) is 0 Å². The minimum atomic E-state index is -0.409. The Kier molecular flexibility index (Phi) is 7.02. The van der Waals surface area contributed by atoms with E-state index in [1.807, 2.05) is 72.8 Å². The van der Waals surface area contributed by atoms with Crippen LogP contribution in [-0.2, 0) is 6.61 Å². The molecule has 0 bridgehead atoms. The third-order valence-electron chi connectivity index (χ3n) is 4.82. The SMILES string of the molecule is COc1ccc(/C=N/NC(=O)c2cc(-c3ccccc3OCc3ccccc3Cl)n[nH]2)cc1. The molecule has 3 aromatic carbocycles. The van der Waals surface area contributed by atoms with Crippen molar-refractivity contribution in [2.24, 2.45) is 5.10 Å². The van der Waals surface area contributed by atoms with Crippen molar-refractivity contribution in [3.05, 3.63) is 101 Å². The van der Waals surface area contributed by atoms with Gasteiger partial charge >= 0.3 is 0 Å². The Balaban J connectivity index is 1.43. The summed E-state index contributed by atoms with van der Waals surface area (Å²) >= 11 is 6.22. The average Bonchev–Trinajstić information content (AvgIpc) is 3.34. The number of aromatic amines is 1. The first kappa shape index (κ1) is 22.1. The Morgan fingerprint density at radius 1 is 1.09 bits per heavy atom. The maximum Gasteiger partial charge on any atom is 0.289 e. The number of amides is 1. The fourth-order valence-corrected chi connectivity index (χ4v) is 3.26. The van der Waals surface area contributed by atoms with Crippen molar-refractivity contribution < 1.29 is 14.3 Å². The molecule has 33 heavy (non-hydrogen) atoms. The number of benzene rings is 3. The summed E-state index contributed by atoms with van der Waals surface area (Å²) < 4.78 is 11.1. The Labute approximate surface area is 196 Å². The molecule has 4 rings (SSSR count). The van der Waals surface area contributed by atoms with Crippen molar-refractivity contribution in [2.45, 2.75) is 6.61 Å². The number of H-pyrrole nitrogens is 1. The second-order valence-electron chi connectivity index (χ2n) is 7.02. The molecular formula is C25H21ClN4O3. The zero-order valence-electron chi connectivity index (χ0n) is 17.8. The number of hydrogen-bond acceptors (Lipinski definition) is 5. The maximum absolute atomic E-state index is 12.5. The van der Waals surface area contributed by atoms with Crippen LogP contribution >= 0.6 is 11.6 Å². The van der Waals surface area contributed by atoms with Crippen LogP contribution < -0.4 is 14.9 Å². The molecule has 0 unspecified atom stereocenters. The van der Waals surface area contributed by atoms with Gasteiger partial charge in [-0.15, -0.1) is 0 Å². The number of hydrogen-bond donors (Lipinski definition) is 2. The number of carbonyl (C=O) groups excluding carboxylic acids is 1. The van der Waals surface area contributed by atoms with E-state index in [-0.39, 0.29) is 5.69 Å². The fraction of sp³-hybridized carbons (Fsp3) is 0.0800. The number of nitrogens with zero attached hydrogens (tertiary/aromatic N) is 2. The molecule has 0 fully saturated rings. The molecule has 1 heterocycles. The van der Waals surface area contributed by atoms with Gasteiger partial charge in [0.15, 0.2) is 0 Å². The highest BCUT2D eigenvalue weighted by atomic mass is 35.5. The molecule has 0 saturated carbocycles. The lowest BCUT2D eigenvalue weighted by Gasteiger charge is -2.11. The van der Waals surface area contributed by atoms with Gasteiger partial charge in [0.2, 0.25) is 0 Å². The largest absolute Gasteiger partial charge is 0.497 e.